The van der Waals surface area contributed by atoms with Crippen molar-refractivity contribution >= 4 is 12.2 Å². The fraction of sp³-hybridized carbons (Fsp3) is 0.379. The lowest BCUT2D eigenvalue weighted by Gasteiger charge is -2.43. The molecule has 5 rings (SSSR count). The second kappa shape index (κ2) is 11.6. The Kier molecular flexibility index (Phi) is 8.13. The third-order valence-corrected chi connectivity index (χ3v) is 6.92. The summed E-state index contributed by atoms with van der Waals surface area (Å²) in [7, 11) is 0. The number of aliphatic carboxylic acids is 1. The lowest BCUT2D eigenvalue weighted by Crippen LogP contribution is -2.37. The first-order valence-electron chi connectivity index (χ1n) is 12.1. The Labute approximate surface area is 196 Å². The number of benzene rings is 2. The van der Waals surface area contributed by atoms with E-state index in [1.165, 1.54) is 12.8 Å². The Hall–Kier alpha value is -3.14. The smallest absolute Gasteiger partial charge is 0.303 e. The number of nitrogens with zero attached hydrogens (tertiary/aromatic N) is 1. The third-order valence-electron chi connectivity index (χ3n) is 6.92. The maximum atomic E-state index is 10.7. The largest absolute Gasteiger partial charge is 0.481 e. The number of hydrogen-bond donors (Lipinski definition) is 1. The molecule has 0 heterocycles. The van der Waals surface area contributed by atoms with Crippen molar-refractivity contribution in [3.63, 3.8) is 0 Å². The van der Waals surface area contributed by atoms with Gasteiger partial charge in [-0.3, -0.25) is 4.79 Å². The summed E-state index contributed by atoms with van der Waals surface area (Å²) in [6.07, 6.45) is 16.1. The SMILES string of the molecule is O=C(O)CCC/C=C\C[C@H]1[C@H](C=NOC(c2ccccc2)c2ccccc2)[C@H]2C=C[C@@H]1CC2. The van der Waals surface area contributed by atoms with Crippen LogP contribution in [-0.2, 0) is 9.63 Å². The van der Waals surface area contributed by atoms with Crippen LogP contribution in [-0.4, -0.2) is 17.3 Å². The van der Waals surface area contributed by atoms with Gasteiger partial charge in [-0.25, -0.2) is 0 Å². The van der Waals surface area contributed by atoms with Crippen LogP contribution in [0.25, 0.3) is 0 Å². The van der Waals surface area contributed by atoms with Gasteiger partial charge >= 0.3 is 5.97 Å². The molecule has 4 heteroatoms. The van der Waals surface area contributed by atoms with Crippen molar-refractivity contribution in [3.8, 4) is 0 Å². The minimum absolute atomic E-state index is 0.229. The molecule has 2 bridgehead atoms. The highest BCUT2D eigenvalue weighted by molar-refractivity contribution is 5.66. The summed E-state index contributed by atoms with van der Waals surface area (Å²) in [5.74, 6) is 1.25. The molecule has 0 amide bonds. The van der Waals surface area contributed by atoms with Crippen LogP contribution in [0.1, 0.15) is 55.8 Å². The van der Waals surface area contributed by atoms with Crippen molar-refractivity contribution < 1.29 is 14.7 Å². The highest BCUT2D eigenvalue weighted by Gasteiger charge is 2.39. The van der Waals surface area contributed by atoms with Crippen LogP contribution in [0.4, 0.5) is 0 Å². The minimum atomic E-state index is -0.723. The van der Waals surface area contributed by atoms with Crippen LogP contribution in [0.3, 0.4) is 0 Å². The number of carboxylic acids is 1. The Bertz CT molecular complexity index is 927. The van der Waals surface area contributed by atoms with Crippen LogP contribution in [0.5, 0.6) is 0 Å². The van der Waals surface area contributed by atoms with Crippen LogP contribution in [0.2, 0.25) is 0 Å². The molecule has 0 aliphatic heterocycles. The molecule has 33 heavy (non-hydrogen) atoms. The zero-order valence-corrected chi connectivity index (χ0v) is 19.0. The molecular weight excluding hydrogens is 410 g/mol. The van der Waals surface area contributed by atoms with E-state index < -0.39 is 5.97 Å². The van der Waals surface area contributed by atoms with Crippen molar-refractivity contribution in [2.24, 2.45) is 28.8 Å². The van der Waals surface area contributed by atoms with Crippen molar-refractivity contribution in [1.82, 2.24) is 0 Å². The highest BCUT2D eigenvalue weighted by Crippen LogP contribution is 2.45. The quantitative estimate of drug-likeness (QED) is 0.180. The maximum Gasteiger partial charge on any atom is 0.303 e. The summed E-state index contributed by atoms with van der Waals surface area (Å²) < 4.78 is 0. The zero-order valence-electron chi connectivity index (χ0n) is 19.0. The third kappa shape index (κ3) is 6.22. The number of oxime groups is 1. The monoisotopic (exact) mass is 443 g/mol. The molecule has 2 aromatic carbocycles. The lowest BCUT2D eigenvalue weighted by atomic mass is 9.62. The topological polar surface area (TPSA) is 58.9 Å². The van der Waals surface area contributed by atoms with Gasteiger partial charge in [0.1, 0.15) is 0 Å². The van der Waals surface area contributed by atoms with E-state index in [4.69, 9.17) is 9.94 Å². The molecule has 0 unspecified atom stereocenters. The molecule has 3 aliphatic carbocycles. The summed E-state index contributed by atoms with van der Waals surface area (Å²) in [6.45, 7) is 0. The first kappa shape index (κ1) is 23.0. The van der Waals surface area contributed by atoms with E-state index >= 15 is 0 Å². The van der Waals surface area contributed by atoms with E-state index in [-0.39, 0.29) is 12.5 Å². The van der Waals surface area contributed by atoms with Gasteiger partial charge in [0, 0.05) is 18.6 Å². The summed E-state index contributed by atoms with van der Waals surface area (Å²) in [6, 6.07) is 20.5. The first-order valence-corrected chi connectivity index (χ1v) is 12.1. The Morgan fingerprint density at radius 1 is 0.970 bits per heavy atom. The Balaban J connectivity index is 1.42. The van der Waals surface area contributed by atoms with Crippen LogP contribution in [0, 0.1) is 23.7 Å². The van der Waals surface area contributed by atoms with E-state index in [0.717, 1.165) is 24.0 Å². The number of allylic oxidation sites excluding steroid dienone is 4. The molecule has 1 saturated carbocycles. The summed E-state index contributed by atoms with van der Waals surface area (Å²) in [5, 5.41) is 13.3. The Morgan fingerprint density at radius 3 is 2.21 bits per heavy atom. The Morgan fingerprint density at radius 2 is 1.61 bits per heavy atom. The van der Waals surface area contributed by atoms with Gasteiger partial charge in [-0.15, -0.1) is 0 Å². The number of unbranched alkanes of at least 4 members (excludes halogenated alkanes) is 1. The van der Waals surface area contributed by atoms with Crippen LogP contribution < -0.4 is 0 Å². The highest BCUT2D eigenvalue weighted by atomic mass is 16.6. The number of carbonyl (C=O) groups is 1. The van der Waals surface area contributed by atoms with Crippen molar-refractivity contribution in [1.29, 1.82) is 0 Å². The van der Waals surface area contributed by atoms with Gasteiger partial charge in [0.05, 0.1) is 0 Å². The fourth-order valence-electron chi connectivity index (χ4n) is 5.17. The number of fused-ring (bicyclic) bond motifs is 2. The van der Waals surface area contributed by atoms with E-state index in [1.54, 1.807) is 0 Å². The minimum Gasteiger partial charge on any atom is -0.481 e. The van der Waals surface area contributed by atoms with Crippen molar-refractivity contribution in [2.75, 3.05) is 0 Å². The van der Waals surface area contributed by atoms with Gasteiger partial charge in [0.15, 0.2) is 6.10 Å². The van der Waals surface area contributed by atoms with Gasteiger partial charge in [0.25, 0.3) is 0 Å². The second-order valence-corrected chi connectivity index (χ2v) is 9.09. The summed E-state index contributed by atoms with van der Waals surface area (Å²) >= 11 is 0. The normalized spacial score (nSPS) is 24.2. The van der Waals surface area contributed by atoms with Crippen molar-refractivity contribution in [3.05, 3.63) is 96.1 Å². The van der Waals surface area contributed by atoms with Crippen LogP contribution in [0.15, 0.2) is 90.1 Å². The molecule has 0 aromatic heterocycles. The molecule has 2 aromatic rings. The zero-order chi connectivity index (χ0) is 22.9. The van der Waals surface area contributed by atoms with Gasteiger partial charge in [-0.1, -0.05) is 90.1 Å². The number of carboxylic acid groups (broad SMARTS) is 1. The molecule has 4 nitrogen and oxygen atoms in total. The summed E-state index contributed by atoms with van der Waals surface area (Å²) in [4.78, 5) is 16.8. The first-order chi connectivity index (χ1) is 16.2. The average molecular weight is 444 g/mol. The standard InChI is InChI=1S/C29H33NO3/c31-28(32)16-10-2-1-9-15-26-22-17-19-23(20-18-22)27(26)21-30-33-29(24-11-5-3-6-12-24)25-13-7-4-8-14-25/h1,3-9,11-14,17,19,21-23,26-27,29H,2,10,15-16,18,20H2,(H,31,32)/b9-1-,30-21?/t22-,23+,26-,27-/m1/s1. The van der Waals surface area contributed by atoms with Gasteiger partial charge in [0.2, 0.25) is 0 Å². The molecule has 3 aliphatic rings. The fourth-order valence-corrected chi connectivity index (χ4v) is 5.17. The molecular formula is C29H33NO3. The van der Waals surface area contributed by atoms with Gasteiger partial charge < -0.3 is 9.94 Å². The molecule has 0 saturated heterocycles. The molecule has 0 spiro atoms. The van der Waals surface area contributed by atoms with Crippen molar-refractivity contribution in [2.45, 2.75) is 44.6 Å². The maximum absolute atomic E-state index is 10.7. The number of hydrogen-bond acceptors (Lipinski definition) is 3. The van der Waals surface area contributed by atoms with Gasteiger partial charge in [-0.05, 0) is 61.0 Å². The van der Waals surface area contributed by atoms with E-state index in [1.807, 2.05) is 42.6 Å². The predicted molar refractivity (Wildman–Crippen MR) is 132 cm³/mol. The van der Waals surface area contributed by atoms with Gasteiger partial charge in [-0.2, -0.15) is 0 Å². The van der Waals surface area contributed by atoms with Crippen LogP contribution >= 0.6 is 0 Å². The summed E-state index contributed by atoms with van der Waals surface area (Å²) in [5.41, 5.74) is 2.18. The molecule has 172 valence electrons. The second-order valence-electron chi connectivity index (χ2n) is 9.09. The molecule has 1 fully saturated rings. The van der Waals surface area contributed by atoms with E-state index in [9.17, 15) is 4.79 Å². The molecule has 0 radical (unpaired) electrons. The lowest BCUT2D eigenvalue weighted by molar-refractivity contribution is -0.137. The predicted octanol–water partition coefficient (Wildman–Crippen LogP) is 6.81. The molecule has 4 atom stereocenters. The van der Waals surface area contributed by atoms with E-state index in [0.29, 0.717) is 30.1 Å². The molecule has 1 N–H and O–H groups in total. The average Bonchev–Trinajstić information content (AvgIpc) is 2.86. The number of rotatable bonds is 11. The van der Waals surface area contributed by atoms with E-state index in [2.05, 4.69) is 53.7 Å².